The summed E-state index contributed by atoms with van der Waals surface area (Å²) in [5, 5.41) is 5.02. The van der Waals surface area contributed by atoms with Crippen molar-refractivity contribution in [1.82, 2.24) is 0 Å². The number of rotatable bonds is 6. The van der Waals surface area contributed by atoms with Crippen LogP contribution < -0.4 is 0 Å². The minimum Gasteiger partial charge on any atom is -0.0622 e. The fraction of sp³-hybridized carbons (Fsp3) is 0. The third-order valence-corrected chi connectivity index (χ3v) is 9.87. The summed E-state index contributed by atoms with van der Waals surface area (Å²) < 4.78 is 0. The normalized spacial score (nSPS) is 11.2. The molecule has 0 atom stereocenters. The number of hydrogen-bond acceptors (Lipinski definition) is 0. The zero-order valence-electron chi connectivity index (χ0n) is 27.6. The third kappa shape index (κ3) is 5.38. The van der Waals surface area contributed by atoms with E-state index in [1.165, 1.54) is 88.3 Å². The minimum absolute atomic E-state index is 1.20. The Bertz CT molecular complexity index is 2560. The van der Waals surface area contributed by atoms with E-state index in [9.17, 15) is 0 Å². The van der Waals surface area contributed by atoms with Gasteiger partial charge in [0.1, 0.15) is 0 Å². The van der Waals surface area contributed by atoms with Crippen molar-refractivity contribution < 1.29 is 0 Å². The summed E-state index contributed by atoms with van der Waals surface area (Å²) in [5.74, 6) is 0. The molecule has 0 aromatic heterocycles. The smallest absolute Gasteiger partial charge is 0.00199 e. The highest BCUT2D eigenvalue weighted by Crippen LogP contribution is 2.47. The zero-order valence-corrected chi connectivity index (χ0v) is 27.6. The molecule has 50 heavy (non-hydrogen) atoms. The lowest BCUT2D eigenvalue weighted by Crippen LogP contribution is -1.94. The molecular weight excluding hydrogens is 601 g/mol. The van der Waals surface area contributed by atoms with Crippen molar-refractivity contribution in [2.75, 3.05) is 0 Å². The maximum Gasteiger partial charge on any atom is -0.00199 e. The average Bonchev–Trinajstić information content (AvgIpc) is 3.21. The summed E-state index contributed by atoms with van der Waals surface area (Å²) in [6.07, 6.45) is 0. The first-order chi connectivity index (χ1) is 24.8. The van der Waals surface area contributed by atoms with Gasteiger partial charge >= 0.3 is 0 Å². The van der Waals surface area contributed by atoms with E-state index < -0.39 is 0 Å². The molecule has 0 fully saturated rings. The first kappa shape index (κ1) is 29.6. The molecule has 0 heterocycles. The second-order valence-corrected chi connectivity index (χ2v) is 12.9. The van der Waals surface area contributed by atoms with E-state index in [4.69, 9.17) is 0 Å². The SMILES string of the molecule is c1ccc(-c2cccc(-c3ccc(-c4cccc(-c5ccccc5)c4)c(-c4c5ccccc5c(-c5ccccc5)c5ccccc45)c3)c2)cc1. The molecule has 0 radical (unpaired) electrons. The van der Waals surface area contributed by atoms with Crippen LogP contribution in [0.25, 0.3) is 88.3 Å². The van der Waals surface area contributed by atoms with E-state index in [1.54, 1.807) is 0 Å². The molecule has 0 unspecified atom stereocenters. The molecule has 0 heteroatoms. The van der Waals surface area contributed by atoms with Crippen LogP contribution in [0.1, 0.15) is 0 Å². The number of benzene rings is 9. The monoisotopic (exact) mass is 634 g/mol. The largest absolute Gasteiger partial charge is 0.0622 e. The standard InChI is InChI=1S/C50H34/c1-4-16-35(17-5-1)38-22-14-24-40(32-38)41-30-31-43(42-25-15-23-39(33-42)36-18-6-2-7-19-36)48(34-41)50-46-28-12-10-26-44(46)49(37-20-8-3-9-21-37)45-27-11-13-29-47(45)50/h1-34H. The predicted molar refractivity (Wildman–Crippen MR) is 214 cm³/mol. The van der Waals surface area contributed by atoms with Crippen molar-refractivity contribution in [3.63, 3.8) is 0 Å². The van der Waals surface area contributed by atoms with E-state index >= 15 is 0 Å². The first-order valence-corrected chi connectivity index (χ1v) is 17.3. The van der Waals surface area contributed by atoms with E-state index in [1.807, 2.05) is 0 Å². The van der Waals surface area contributed by atoms with Gasteiger partial charge in [0.2, 0.25) is 0 Å². The molecule has 0 saturated carbocycles. The van der Waals surface area contributed by atoms with E-state index in [-0.39, 0.29) is 0 Å². The Morgan fingerprint density at radius 2 is 0.540 bits per heavy atom. The molecule has 0 aliphatic heterocycles. The van der Waals surface area contributed by atoms with Gasteiger partial charge in [-0.3, -0.25) is 0 Å². The molecule has 0 aliphatic carbocycles. The minimum atomic E-state index is 1.20. The van der Waals surface area contributed by atoms with E-state index in [2.05, 4.69) is 206 Å². The predicted octanol–water partition coefficient (Wildman–Crippen LogP) is 14.0. The summed E-state index contributed by atoms with van der Waals surface area (Å²) in [7, 11) is 0. The Kier molecular flexibility index (Phi) is 7.61. The van der Waals surface area contributed by atoms with Gasteiger partial charge in [0.15, 0.2) is 0 Å². The summed E-state index contributed by atoms with van der Waals surface area (Å²) in [6.45, 7) is 0. The Hall–Kier alpha value is -6.50. The maximum absolute atomic E-state index is 2.42. The van der Waals surface area contributed by atoms with E-state index in [0.29, 0.717) is 0 Å². The topological polar surface area (TPSA) is 0 Å². The van der Waals surface area contributed by atoms with Gasteiger partial charge in [0.25, 0.3) is 0 Å². The van der Waals surface area contributed by atoms with Crippen molar-refractivity contribution in [1.29, 1.82) is 0 Å². The van der Waals surface area contributed by atoms with Crippen molar-refractivity contribution >= 4 is 21.5 Å². The van der Waals surface area contributed by atoms with Gasteiger partial charge in [-0.15, -0.1) is 0 Å². The van der Waals surface area contributed by atoms with Crippen LogP contribution in [-0.4, -0.2) is 0 Å². The molecule has 0 N–H and O–H groups in total. The molecule has 0 bridgehead atoms. The Labute approximate surface area is 293 Å². The molecule has 0 saturated heterocycles. The van der Waals surface area contributed by atoms with E-state index in [0.717, 1.165) is 0 Å². The highest BCUT2D eigenvalue weighted by Gasteiger charge is 2.20. The van der Waals surface area contributed by atoms with Gasteiger partial charge in [-0.1, -0.05) is 188 Å². The number of hydrogen-bond donors (Lipinski definition) is 0. The van der Waals surface area contributed by atoms with Gasteiger partial charge in [-0.2, -0.15) is 0 Å². The maximum atomic E-state index is 2.42. The molecular formula is C50H34. The zero-order chi connectivity index (χ0) is 33.3. The van der Waals surface area contributed by atoms with Crippen LogP contribution in [0, 0.1) is 0 Å². The van der Waals surface area contributed by atoms with Crippen LogP contribution in [0.2, 0.25) is 0 Å². The van der Waals surface area contributed by atoms with Crippen molar-refractivity contribution in [2.45, 2.75) is 0 Å². The Morgan fingerprint density at radius 1 is 0.180 bits per heavy atom. The van der Waals surface area contributed by atoms with Crippen LogP contribution in [0.3, 0.4) is 0 Å². The van der Waals surface area contributed by atoms with Crippen LogP contribution in [-0.2, 0) is 0 Å². The third-order valence-electron chi connectivity index (χ3n) is 9.87. The summed E-state index contributed by atoms with van der Waals surface area (Å²) in [4.78, 5) is 0. The van der Waals surface area contributed by atoms with Gasteiger partial charge in [0, 0.05) is 0 Å². The van der Waals surface area contributed by atoms with Crippen molar-refractivity contribution in [2.24, 2.45) is 0 Å². The molecule has 0 spiro atoms. The highest BCUT2D eigenvalue weighted by atomic mass is 14.2. The molecule has 0 amide bonds. The van der Waals surface area contributed by atoms with Crippen molar-refractivity contribution in [3.05, 3.63) is 206 Å². The second-order valence-electron chi connectivity index (χ2n) is 12.9. The average molecular weight is 635 g/mol. The van der Waals surface area contributed by atoms with Crippen LogP contribution in [0.15, 0.2) is 206 Å². The summed E-state index contributed by atoms with van der Waals surface area (Å²) in [6, 6.07) is 75.0. The molecule has 0 aliphatic rings. The van der Waals surface area contributed by atoms with Gasteiger partial charge in [-0.05, 0) is 107 Å². The molecule has 9 rings (SSSR count). The summed E-state index contributed by atoms with van der Waals surface area (Å²) in [5.41, 5.74) is 14.7. The highest BCUT2D eigenvalue weighted by molar-refractivity contribution is 6.22. The van der Waals surface area contributed by atoms with Crippen molar-refractivity contribution in [3.8, 4) is 66.8 Å². The van der Waals surface area contributed by atoms with Crippen LogP contribution in [0.4, 0.5) is 0 Å². The van der Waals surface area contributed by atoms with Gasteiger partial charge in [-0.25, -0.2) is 0 Å². The van der Waals surface area contributed by atoms with Gasteiger partial charge in [0.05, 0.1) is 0 Å². The summed E-state index contributed by atoms with van der Waals surface area (Å²) >= 11 is 0. The molecule has 9 aromatic rings. The number of fused-ring (bicyclic) bond motifs is 2. The van der Waals surface area contributed by atoms with Crippen LogP contribution in [0.5, 0.6) is 0 Å². The molecule has 234 valence electrons. The first-order valence-electron chi connectivity index (χ1n) is 17.3. The lowest BCUT2D eigenvalue weighted by Gasteiger charge is -2.21. The molecule has 9 aromatic carbocycles. The Morgan fingerprint density at radius 3 is 1.06 bits per heavy atom. The fourth-order valence-electron chi connectivity index (χ4n) is 7.52. The molecule has 0 nitrogen and oxygen atoms in total. The van der Waals surface area contributed by atoms with Crippen LogP contribution >= 0.6 is 0 Å². The second kappa shape index (κ2) is 12.8. The lowest BCUT2D eigenvalue weighted by molar-refractivity contribution is 1.56. The quantitative estimate of drug-likeness (QED) is 0.160. The van der Waals surface area contributed by atoms with Gasteiger partial charge < -0.3 is 0 Å². The fourth-order valence-corrected chi connectivity index (χ4v) is 7.52. The Balaban J connectivity index is 1.34. The lowest BCUT2D eigenvalue weighted by atomic mass is 9.82.